The van der Waals surface area contributed by atoms with E-state index in [-0.39, 0.29) is 44.8 Å². The van der Waals surface area contributed by atoms with Crippen LogP contribution in [0.3, 0.4) is 0 Å². The third-order valence-corrected chi connectivity index (χ3v) is 9.88. The lowest BCUT2D eigenvalue weighted by Gasteiger charge is -2.13. The maximum absolute atomic E-state index is 9.52. The minimum Gasteiger partial charge on any atom is -0.309 e. The molecule has 3 heterocycles. The molecule has 0 bridgehead atoms. The standard InChI is InChI=1S/C45H28N4S/c1-3-14-29(15-4-1)30-16-11-17-31(28-30)43-46-44(48-45(47-43)38-25-13-23-36-34-21-8-10-27-40(34)50-42(36)38)37-24-12-22-35-33-20-7-9-26-39(33)49(41(35)37)32-18-5-2-6-19-32/h1-28H/i2D,5D,6D,7D,9D,12D,18D,19D,20D,22D,24D,26D. The molecule has 3 aromatic heterocycles. The number of fused-ring (bicyclic) bond motifs is 6. The van der Waals surface area contributed by atoms with Crippen LogP contribution in [-0.2, 0) is 0 Å². The van der Waals surface area contributed by atoms with E-state index in [4.69, 9.17) is 28.7 Å². The van der Waals surface area contributed by atoms with Gasteiger partial charge in [-0.15, -0.1) is 11.3 Å². The van der Waals surface area contributed by atoms with Crippen molar-refractivity contribution in [2.75, 3.05) is 0 Å². The molecule has 10 aromatic rings. The van der Waals surface area contributed by atoms with Crippen LogP contribution in [0.5, 0.6) is 0 Å². The fourth-order valence-corrected chi connectivity index (χ4v) is 7.65. The second-order valence-electron chi connectivity index (χ2n) is 11.5. The van der Waals surface area contributed by atoms with Crippen LogP contribution in [0.25, 0.3) is 93.0 Å². The molecular weight excluding hydrogens is 629 g/mol. The normalized spacial score (nSPS) is 15.0. The largest absolute Gasteiger partial charge is 0.309 e. The number of aromatic nitrogens is 4. The maximum atomic E-state index is 9.52. The van der Waals surface area contributed by atoms with Gasteiger partial charge in [-0.1, -0.05) is 127 Å². The van der Waals surface area contributed by atoms with Crippen LogP contribution in [0, 0.1) is 0 Å². The smallest absolute Gasteiger partial charge is 0.166 e. The molecular formula is C45H28N4S. The first-order valence-electron chi connectivity index (χ1n) is 21.7. The van der Waals surface area contributed by atoms with Gasteiger partial charge >= 0.3 is 0 Å². The molecule has 50 heavy (non-hydrogen) atoms. The van der Waals surface area contributed by atoms with Crippen molar-refractivity contribution in [1.29, 1.82) is 0 Å². The average Bonchev–Trinajstić information content (AvgIpc) is 3.85. The van der Waals surface area contributed by atoms with Gasteiger partial charge in [0, 0.05) is 53.3 Å². The van der Waals surface area contributed by atoms with Crippen molar-refractivity contribution >= 4 is 53.3 Å². The number of benzene rings is 7. The minimum atomic E-state index is -0.716. The van der Waals surface area contributed by atoms with Gasteiger partial charge in [0.25, 0.3) is 0 Å². The van der Waals surface area contributed by atoms with E-state index in [2.05, 4.69) is 0 Å². The summed E-state index contributed by atoms with van der Waals surface area (Å²) in [5, 5.41) is 1.54. The monoisotopic (exact) mass is 668 g/mol. The summed E-state index contributed by atoms with van der Waals surface area (Å²) >= 11 is 1.55. The maximum Gasteiger partial charge on any atom is 0.166 e. The van der Waals surface area contributed by atoms with Gasteiger partial charge in [0.15, 0.2) is 17.5 Å². The molecule has 5 heteroatoms. The Bertz CT molecular complexity index is 3540. The quantitative estimate of drug-likeness (QED) is 0.183. The van der Waals surface area contributed by atoms with E-state index < -0.39 is 78.2 Å². The highest BCUT2D eigenvalue weighted by atomic mass is 32.1. The molecule has 7 aromatic carbocycles. The Balaban J connectivity index is 1.40. The van der Waals surface area contributed by atoms with Gasteiger partial charge in [0.1, 0.15) is 0 Å². The van der Waals surface area contributed by atoms with E-state index in [1.54, 1.807) is 11.3 Å². The Morgan fingerprint density at radius 3 is 2.06 bits per heavy atom. The highest BCUT2D eigenvalue weighted by Gasteiger charge is 2.21. The highest BCUT2D eigenvalue weighted by molar-refractivity contribution is 7.26. The molecule has 0 unspecified atom stereocenters. The number of hydrogen-bond donors (Lipinski definition) is 0. The van der Waals surface area contributed by atoms with Crippen molar-refractivity contribution in [3.63, 3.8) is 0 Å². The third-order valence-electron chi connectivity index (χ3n) is 8.66. The highest BCUT2D eigenvalue weighted by Crippen LogP contribution is 2.41. The molecule has 0 N–H and O–H groups in total. The lowest BCUT2D eigenvalue weighted by Crippen LogP contribution is -2.02. The van der Waals surface area contributed by atoms with E-state index in [1.165, 1.54) is 0 Å². The number of rotatable bonds is 5. The zero-order valence-electron chi connectivity index (χ0n) is 37.9. The van der Waals surface area contributed by atoms with Crippen molar-refractivity contribution in [2.24, 2.45) is 0 Å². The molecule has 0 saturated carbocycles. The van der Waals surface area contributed by atoms with Gasteiger partial charge in [-0.3, -0.25) is 0 Å². The Kier molecular flexibility index (Phi) is 4.40. The molecule has 0 aliphatic heterocycles. The lowest BCUT2D eigenvalue weighted by molar-refractivity contribution is 1.07. The SMILES string of the molecule is [2H]c1c([2H])c([2H])c(-n2c3c([2H])c([2H])c([2H])c([2H])c3c3c([2H])c([2H])c([2H])c(-c4nc(-c5cccc(-c6ccccc6)c5)nc(-c5cccc6c5sc5ccccc56)n4)c32)c([2H])c1[2H]. The molecule has 234 valence electrons. The topological polar surface area (TPSA) is 43.6 Å². The summed E-state index contributed by atoms with van der Waals surface area (Å²) in [4.78, 5) is 15.0. The Morgan fingerprint density at radius 1 is 0.480 bits per heavy atom. The van der Waals surface area contributed by atoms with Crippen LogP contribution in [0.4, 0.5) is 0 Å². The summed E-state index contributed by atoms with van der Waals surface area (Å²) in [6, 6.07) is 23.2. The van der Waals surface area contributed by atoms with Crippen LogP contribution in [0.15, 0.2) is 170 Å². The average molecular weight is 669 g/mol. The summed E-state index contributed by atoms with van der Waals surface area (Å²) in [6.07, 6.45) is 0. The number of para-hydroxylation sites is 3. The molecule has 0 spiro atoms. The van der Waals surface area contributed by atoms with Gasteiger partial charge < -0.3 is 4.57 Å². The first-order valence-corrected chi connectivity index (χ1v) is 16.5. The van der Waals surface area contributed by atoms with Gasteiger partial charge in [0.05, 0.1) is 27.5 Å². The summed E-state index contributed by atoms with van der Waals surface area (Å²) in [7, 11) is 0. The number of hydrogen-bond acceptors (Lipinski definition) is 4. The van der Waals surface area contributed by atoms with E-state index in [9.17, 15) is 2.74 Å². The first-order chi connectivity index (χ1) is 29.8. The number of nitrogens with zero attached hydrogens (tertiary/aromatic N) is 4. The van der Waals surface area contributed by atoms with Crippen molar-refractivity contribution in [1.82, 2.24) is 19.5 Å². The van der Waals surface area contributed by atoms with Crippen molar-refractivity contribution in [2.45, 2.75) is 0 Å². The van der Waals surface area contributed by atoms with E-state index in [1.807, 2.05) is 97.1 Å². The molecule has 10 rings (SSSR count). The summed E-state index contributed by atoms with van der Waals surface area (Å²) in [5.41, 5.74) is 1.76. The number of thiophene rings is 1. The van der Waals surface area contributed by atoms with Crippen molar-refractivity contribution < 1.29 is 16.4 Å². The van der Waals surface area contributed by atoms with E-state index >= 15 is 0 Å². The van der Waals surface area contributed by atoms with E-state index in [0.717, 1.165) is 35.9 Å². The van der Waals surface area contributed by atoms with Gasteiger partial charge in [-0.05, 0) is 53.5 Å². The Hall–Kier alpha value is -6.43. The summed E-state index contributed by atoms with van der Waals surface area (Å²) in [5.74, 6) is 0.184. The van der Waals surface area contributed by atoms with Gasteiger partial charge in [-0.25, -0.2) is 15.0 Å². The predicted octanol–water partition coefficient (Wildman–Crippen LogP) is 12.0. The van der Waals surface area contributed by atoms with Crippen LogP contribution in [0.2, 0.25) is 0 Å². The van der Waals surface area contributed by atoms with Gasteiger partial charge in [-0.2, -0.15) is 0 Å². The Labute approximate surface area is 309 Å². The molecule has 0 atom stereocenters. The van der Waals surface area contributed by atoms with E-state index in [0.29, 0.717) is 11.1 Å². The fourth-order valence-electron chi connectivity index (χ4n) is 6.44. The lowest BCUT2D eigenvalue weighted by atomic mass is 10.0. The predicted molar refractivity (Wildman–Crippen MR) is 209 cm³/mol. The first kappa shape index (κ1) is 18.9. The fraction of sp³-hybridized carbons (Fsp3) is 0. The second-order valence-corrected chi connectivity index (χ2v) is 12.6. The van der Waals surface area contributed by atoms with Gasteiger partial charge in [0.2, 0.25) is 0 Å². The zero-order chi connectivity index (χ0) is 43.5. The van der Waals surface area contributed by atoms with Crippen LogP contribution < -0.4 is 0 Å². The minimum absolute atomic E-state index is 0.171. The zero-order valence-corrected chi connectivity index (χ0v) is 26.8. The molecule has 4 nitrogen and oxygen atoms in total. The molecule has 0 aliphatic rings. The molecule has 0 radical (unpaired) electrons. The second kappa shape index (κ2) is 11.6. The van der Waals surface area contributed by atoms with Crippen molar-refractivity contribution in [3.05, 3.63) is 170 Å². The third kappa shape index (κ3) is 4.63. The van der Waals surface area contributed by atoms with Crippen LogP contribution in [-0.4, -0.2) is 19.5 Å². The molecule has 0 aliphatic carbocycles. The Morgan fingerprint density at radius 2 is 1.16 bits per heavy atom. The van der Waals surface area contributed by atoms with Crippen LogP contribution in [0.1, 0.15) is 16.4 Å². The van der Waals surface area contributed by atoms with Crippen LogP contribution >= 0.6 is 11.3 Å². The summed E-state index contributed by atoms with van der Waals surface area (Å²) < 4.78 is 110. The molecule has 0 amide bonds. The summed E-state index contributed by atoms with van der Waals surface area (Å²) in [6.45, 7) is 0. The van der Waals surface area contributed by atoms with Crippen molar-refractivity contribution in [3.8, 4) is 51.0 Å². The molecule has 0 saturated heterocycles. The molecule has 0 fully saturated rings.